The molecule has 4 N–H and O–H groups in total. The summed E-state index contributed by atoms with van der Waals surface area (Å²) in [5, 5.41) is 5.57. The van der Waals surface area contributed by atoms with Gasteiger partial charge in [-0.25, -0.2) is 14.8 Å². The Labute approximate surface area is 203 Å². The first-order valence-electron chi connectivity index (χ1n) is 11.0. The molecule has 2 amide bonds. The number of alkyl carbamates (subject to hydrolysis) is 1. The van der Waals surface area contributed by atoms with Gasteiger partial charge in [-0.2, -0.15) is 0 Å². The maximum absolute atomic E-state index is 13.3. The lowest BCUT2D eigenvalue weighted by Crippen LogP contribution is -2.37. The van der Waals surface area contributed by atoms with Crippen LogP contribution in [0.25, 0.3) is 11.1 Å². The van der Waals surface area contributed by atoms with E-state index in [1.807, 2.05) is 60.7 Å². The molecule has 3 aromatic carbocycles. The van der Waals surface area contributed by atoms with Crippen LogP contribution in [0.5, 0.6) is 0 Å². The highest BCUT2D eigenvalue weighted by molar-refractivity contribution is 5.97. The van der Waals surface area contributed by atoms with E-state index in [4.69, 9.17) is 10.5 Å². The molecule has 0 saturated heterocycles. The fourth-order valence-electron chi connectivity index (χ4n) is 3.52. The molecule has 0 aliphatic carbocycles. The summed E-state index contributed by atoms with van der Waals surface area (Å²) in [7, 11) is 0. The van der Waals surface area contributed by atoms with Gasteiger partial charge in [0.15, 0.2) is 0 Å². The smallest absolute Gasteiger partial charge is 0.408 e. The number of carbonyl (C=O) groups is 2. The summed E-state index contributed by atoms with van der Waals surface area (Å²) < 4.78 is 5.37. The summed E-state index contributed by atoms with van der Waals surface area (Å²) in [5.41, 5.74) is 10.2. The third-order valence-electron chi connectivity index (χ3n) is 5.28. The topological polar surface area (TPSA) is 119 Å². The van der Waals surface area contributed by atoms with E-state index in [9.17, 15) is 9.59 Å². The minimum Gasteiger partial charge on any atom is -0.445 e. The van der Waals surface area contributed by atoms with E-state index in [0.29, 0.717) is 17.8 Å². The highest BCUT2D eigenvalue weighted by Crippen LogP contribution is 2.24. The average molecular weight is 468 g/mol. The van der Waals surface area contributed by atoms with Crippen molar-refractivity contribution < 1.29 is 14.3 Å². The summed E-state index contributed by atoms with van der Waals surface area (Å²) >= 11 is 0. The van der Waals surface area contributed by atoms with Crippen molar-refractivity contribution in [2.24, 2.45) is 5.73 Å². The van der Waals surface area contributed by atoms with Crippen LogP contribution in [0.3, 0.4) is 0 Å². The van der Waals surface area contributed by atoms with E-state index >= 15 is 0 Å². The first kappa shape index (κ1) is 23.6. The SMILES string of the molecule is NCc1cccc(NC(=O)[C@@H](NC(=O)OCc2ccccc2)c2cccc(-c3cncnc3)c2)c1. The van der Waals surface area contributed by atoms with E-state index in [1.54, 1.807) is 30.6 Å². The highest BCUT2D eigenvalue weighted by Gasteiger charge is 2.24. The third kappa shape index (κ3) is 6.49. The molecule has 0 aliphatic heterocycles. The number of nitrogens with zero attached hydrogens (tertiary/aromatic N) is 2. The van der Waals surface area contributed by atoms with E-state index in [0.717, 1.165) is 22.3 Å². The Morgan fingerprint density at radius 3 is 2.37 bits per heavy atom. The first-order chi connectivity index (χ1) is 17.1. The molecule has 0 radical (unpaired) electrons. The number of nitrogens with one attached hydrogen (secondary N) is 2. The molecule has 1 heterocycles. The second-order valence-corrected chi connectivity index (χ2v) is 7.79. The van der Waals surface area contributed by atoms with Gasteiger partial charge in [-0.15, -0.1) is 0 Å². The molecule has 1 aromatic heterocycles. The number of rotatable bonds is 8. The van der Waals surface area contributed by atoms with Crippen molar-refractivity contribution in [2.45, 2.75) is 19.2 Å². The quantitative estimate of drug-likeness (QED) is 0.357. The summed E-state index contributed by atoms with van der Waals surface area (Å²) in [6.07, 6.45) is 4.10. The van der Waals surface area contributed by atoms with Crippen LogP contribution >= 0.6 is 0 Å². The number of carbonyl (C=O) groups excluding carboxylic acids is 2. The zero-order valence-electron chi connectivity index (χ0n) is 18.9. The molecular weight excluding hydrogens is 442 g/mol. The zero-order valence-corrected chi connectivity index (χ0v) is 18.9. The lowest BCUT2D eigenvalue weighted by molar-refractivity contribution is -0.118. The molecule has 35 heavy (non-hydrogen) atoms. The van der Waals surface area contributed by atoms with Gasteiger partial charge < -0.3 is 21.1 Å². The fraction of sp³-hybridized carbons (Fsp3) is 0.111. The van der Waals surface area contributed by atoms with E-state index < -0.39 is 18.0 Å². The van der Waals surface area contributed by atoms with Crippen molar-refractivity contribution in [1.82, 2.24) is 15.3 Å². The summed E-state index contributed by atoms with van der Waals surface area (Å²) in [5.74, 6) is -0.419. The first-order valence-corrected chi connectivity index (χ1v) is 11.0. The number of hydrogen-bond acceptors (Lipinski definition) is 6. The molecule has 8 nitrogen and oxygen atoms in total. The van der Waals surface area contributed by atoms with Gasteiger partial charge in [0.25, 0.3) is 5.91 Å². The Kier molecular flexibility index (Phi) is 7.77. The molecule has 4 rings (SSSR count). The van der Waals surface area contributed by atoms with Crippen molar-refractivity contribution in [3.63, 3.8) is 0 Å². The predicted octanol–water partition coefficient (Wildman–Crippen LogP) is 4.21. The molecule has 1 atom stereocenters. The van der Waals surface area contributed by atoms with Gasteiger partial charge in [0.1, 0.15) is 19.0 Å². The van der Waals surface area contributed by atoms with E-state index in [2.05, 4.69) is 20.6 Å². The molecule has 0 aliphatic rings. The molecule has 0 fully saturated rings. The Hall–Kier alpha value is -4.56. The minimum atomic E-state index is -1.01. The minimum absolute atomic E-state index is 0.0843. The number of amides is 2. The second-order valence-electron chi connectivity index (χ2n) is 7.79. The van der Waals surface area contributed by atoms with Gasteiger partial charge in [-0.1, -0.05) is 60.7 Å². The van der Waals surface area contributed by atoms with E-state index in [1.165, 1.54) is 6.33 Å². The summed E-state index contributed by atoms with van der Waals surface area (Å²) in [6.45, 7) is 0.430. The van der Waals surface area contributed by atoms with Gasteiger partial charge in [-0.3, -0.25) is 4.79 Å². The van der Waals surface area contributed by atoms with Gasteiger partial charge in [0, 0.05) is 30.2 Å². The number of aromatic nitrogens is 2. The Morgan fingerprint density at radius 1 is 0.857 bits per heavy atom. The fourth-order valence-corrected chi connectivity index (χ4v) is 3.52. The molecule has 0 bridgehead atoms. The molecular formula is C27H25N5O3. The second kappa shape index (κ2) is 11.5. The Balaban J connectivity index is 1.57. The van der Waals surface area contributed by atoms with Crippen LogP contribution in [-0.4, -0.2) is 22.0 Å². The third-order valence-corrected chi connectivity index (χ3v) is 5.28. The number of hydrogen-bond donors (Lipinski definition) is 3. The van der Waals surface area contributed by atoms with Crippen molar-refractivity contribution in [3.8, 4) is 11.1 Å². The van der Waals surface area contributed by atoms with Crippen LogP contribution in [0, 0.1) is 0 Å². The normalized spacial score (nSPS) is 11.3. The van der Waals surface area contributed by atoms with Crippen molar-refractivity contribution in [2.75, 3.05) is 5.32 Å². The Morgan fingerprint density at radius 2 is 1.60 bits per heavy atom. The van der Waals surface area contributed by atoms with E-state index in [-0.39, 0.29) is 6.61 Å². The van der Waals surface area contributed by atoms with Crippen molar-refractivity contribution in [1.29, 1.82) is 0 Å². The van der Waals surface area contributed by atoms with Gasteiger partial charge in [0.2, 0.25) is 0 Å². The van der Waals surface area contributed by atoms with Crippen LogP contribution in [0.15, 0.2) is 97.6 Å². The number of anilines is 1. The van der Waals surface area contributed by atoms with Crippen molar-refractivity contribution >= 4 is 17.7 Å². The lowest BCUT2D eigenvalue weighted by atomic mass is 10.0. The molecule has 0 unspecified atom stereocenters. The number of benzene rings is 3. The van der Waals surface area contributed by atoms with Gasteiger partial charge >= 0.3 is 6.09 Å². The predicted molar refractivity (Wildman–Crippen MR) is 133 cm³/mol. The molecule has 4 aromatic rings. The van der Waals surface area contributed by atoms with Crippen LogP contribution in [0.1, 0.15) is 22.7 Å². The number of ether oxygens (including phenoxy) is 1. The van der Waals surface area contributed by atoms with Crippen LogP contribution in [-0.2, 0) is 22.7 Å². The van der Waals surface area contributed by atoms with Crippen LogP contribution in [0.4, 0.5) is 10.5 Å². The molecule has 176 valence electrons. The summed E-state index contributed by atoms with van der Waals surface area (Å²) in [6, 6.07) is 22.8. The lowest BCUT2D eigenvalue weighted by Gasteiger charge is -2.20. The number of nitrogens with two attached hydrogens (primary N) is 1. The van der Waals surface area contributed by atoms with Crippen molar-refractivity contribution in [3.05, 3.63) is 114 Å². The van der Waals surface area contributed by atoms with Gasteiger partial charge in [0.05, 0.1) is 0 Å². The maximum atomic E-state index is 13.3. The zero-order chi connectivity index (χ0) is 24.5. The summed E-state index contributed by atoms with van der Waals surface area (Å²) in [4.78, 5) is 34.1. The molecule has 0 saturated carbocycles. The molecule has 0 spiro atoms. The average Bonchev–Trinajstić information content (AvgIpc) is 2.91. The molecule has 8 heteroatoms. The Bertz CT molecular complexity index is 1280. The maximum Gasteiger partial charge on any atom is 0.408 e. The highest BCUT2D eigenvalue weighted by atomic mass is 16.5. The van der Waals surface area contributed by atoms with Crippen LogP contribution in [0.2, 0.25) is 0 Å². The van der Waals surface area contributed by atoms with Gasteiger partial charge in [-0.05, 0) is 40.5 Å². The largest absolute Gasteiger partial charge is 0.445 e. The van der Waals surface area contributed by atoms with Crippen LogP contribution < -0.4 is 16.4 Å². The standard InChI is InChI=1S/C27H25N5O3/c28-14-20-8-4-11-24(12-20)31-26(33)25(32-27(34)35-17-19-6-2-1-3-7-19)22-10-5-9-21(13-22)23-15-29-18-30-16-23/h1-13,15-16,18,25H,14,17,28H2,(H,31,33)(H,32,34)/t25-/m0/s1. The monoisotopic (exact) mass is 467 g/mol.